The highest BCUT2D eigenvalue weighted by molar-refractivity contribution is 6.29. The van der Waals surface area contributed by atoms with Crippen molar-refractivity contribution in [3.8, 4) is 11.5 Å². The third kappa shape index (κ3) is 4.31. The second-order valence-electron chi connectivity index (χ2n) is 7.53. The van der Waals surface area contributed by atoms with Crippen molar-refractivity contribution in [2.75, 3.05) is 6.54 Å². The molecule has 33 heavy (non-hydrogen) atoms. The van der Waals surface area contributed by atoms with Gasteiger partial charge in [0.2, 0.25) is 5.82 Å². The number of rotatable bonds is 6. The summed E-state index contributed by atoms with van der Waals surface area (Å²) in [6.07, 6.45) is 2.52. The van der Waals surface area contributed by atoms with Crippen LogP contribution in [0.15, 0.2) is 41.2 Å². The molecule has 4 aromatic rings. The van der Waals surface area contributed by atoms with Gasteiger partial charge in [-0.2, -0.15) is 10.1 Å². The van der Waals surface area contributed by atoms with Gasteiger partial charge in [0.05, 0.1) is 23.5 Å². The van der Waals surface area contributed by atoms with Crippen molar-refractivity contribution in [3.63, 3.8) is 0 Å². The molecular formula is C21H18ClF2N7O2. The summed E-state index contributed by atoms with van der Waals surface area (Å²) >= 11 is 6.11. The van der Waals surface area contributed by atoms with Gasteiger partial charge in [-0.1, -0.05) is 22.8 Å². The standard InChI is InChI=1S/C21H18ClF2N7O2/c1-11-13(9-27-31(11)3)21(2,15-5-4-6-16(22)28-15)10-26-19(32)20-29-18(30-33-20)17-14(24)7-12(23)8-25-17/h4-9H,10H2,1-3H3,(H,26,32). The van der Waals surface area contributed by atoms with E-state index in [-0.39, 0.29) is 18.1 Å². The van der Waals surface area contributed by atoms with Crippen LogP contribution in [0.4, 0.5) is 8.78 Å². The fraction of sp³-hybridized carbons (Fsp3) is 0.238. The maximum Gasteiger partial charge on any atom is 0.316 e. The highest BCUT2D eigenvalue weighted by Crippen LogP contribution is 2.33. The van der Waals surface area contributed by atoms with E-state index in [9.17, 15) is 13.6 Å². The monoisotopic (exact) mass is 473 g/mol. The van der Waals surface area contributed by atoms with Gasteiger partial charge in [0, 0.05) is 30.9 Å². The molecule has 4 rings (SSSR count). The van der Waals surface area contributed by atoms with E-state index in [1.165, 1.54) is 0 Å². The molecule has 0 aliphatic rings. The molecule has 170 valence electrons. The molecule has 1 N–H and O–H groups in total. The normalized spacial score (nSPS) is 13.0. The summed E-state index contributed by atoms with van der Waals surface area (Å²) in [5, 5.41) is 10.9. The summed E-state index contributed by atoms with van der Waals surface area (Å²) in [5.74, 6) is -3.20. The smallest absolute Gasteiger partial charge is 0.316 e. The number of nitrogens with zero attached hydrogens (tertiary/aromatic N) is 6. The first-order valence-electron chi connectivity index (χ1n) is 9.74. The molecular weight excluding hydrogens is 456 g/mol. The molecule has 0 bridgehead atoms. The van der Waals surface area contributed by atoms with Crippen molar-refractivity contribution in [1.82, 2.24) is 35.2 Å². The zero-order valence-corrected chi connectivity index (χ0v) is 18.6. The molecule has 1 atom stereocenters. The summed E-state index contributed by atoms with van der Waals surface area (Å²) in [5.41, 5.74) is 1.20. The molecule has 4 heterocycles. The van der Waals surface area contributed by atoms with Crippen molar-refractivity contribution in [2.24, 2.45) is 7.05 Å². The van der Waals surface area contributed by atoms with Crippen LogP contribution in [-0.4, -0.2) is 42.3 Å². The molecule has 0 saturated heterocycles. The molecule has 1 amide bonds. The molecule has 4 aromatic heterocycles. The van der Waals surface area contributed by atoms with Crippen LogP contribution < -0.4 is 5.32 Å². The van der Waals surface area contributed by atoms with Gasteiger partial charge in [0.25, 0.3) is 0 Å². The third-order valence-electron chi connectivity index (χ3n) is 5.35. The fourth-order valence-corrected chi connectivity index (χ4v) is 3.57. The Morgan fingerprint density at radius 1 is 1.27 bits per heavy atom. The fourth-order valence-electron chi connectivity index (χ4n) is 3.40. The molecule has 1 unspecified atom stereocenters. The molecule has 0 saturated carbocycles. The zero-order chi connectivity index (χ0) is 23.8. The average Bonchev–Trinajstić information content (AvgIpc) is 3.39. The number of nitrogens with one attached hydrogen (secondary N) is 1. The largest absolute Gasteiger partial charge is 0.347 e. The van der Waals surface area contributed by atoms with E-state index >= 15 is 0 Å². The van der Waals surface area contributed by atoms with E-state index < -0.39 is 28.8 Å². The lowest BCUT2D eigenvalue weighted by atomic mass is 9.79. The van der Waals surface area contributed by atoms with E-state index in [2.05, 4.69) is 30.5 Å². The predicted octanol–water partition coefficient (Wildman–Crippen LogP) is 3.24. The van der Waals surface area contributed by atoms with Crippen molar-refractivity contribution in [1.29, 1.82) is 0 Å². The number of hydrogen-bond acceptors (Lipinski definition) is 7. The Kier molecular flexibility index (Phi) is 5.90. The topological polar surface area (TPSA) is 112 Å². The first-order valence-corrected chi connectivity index (χ1v) is 10.1. The van der Waals surface area contributed by atoms with Crippen molar-refractivity contribution >= 4 is 17.5 Å². The van der Waals surface area contributed by atoms with Crippen LogP contribution in [0.2, 0.25) is 5.15 Å². The molecule has 9 nitrogen and oxygen atoms in total. The lowest BCUT2D eigenvalue weighted by Gasteiger charge is -2.29. The second kappa shape index (κ2) is 8.66. The second-order valence-corrected chi connectivity index (χ2v) is 7.92. The number of pyridine rings is 2. The Morgan fingerprint density at radius 3 is 2.73 bits per heavy atom. The lowest BCUT2D eigenvalue weighted by molar-refractivity contribution is 0.0903. The number of halogens is 3. The van der Waals surface area contributed by atoms with Crippen LogP contribution in [0.5, 0.6) is 0 Å². The molecule has 12 heteroatoms. The number of carbonyl (C=O) groups excluding carboxylic acids is 1. The van der Waals surface area contributed by atoms with Gasteiger partial charge in [-0.15, -0.1) is 0 Å². The molecule has 0 spiro atoms. The first-order chi connectivity index (χ1) is 15.7. The third-order valence-corrected chi connectivity index (χ3v) is 5.56. The van der Waals surface area contributed by atoms with E-state index in [1.54, 1.807) is 29.1 Å². The number of hydrogen-bond donors (Lipinski definition) is 1. The highest BCUT2D eigenvalue weighted by Gasteiger charge is 2.35. The van der Waals surface area contributed by atoms with E-state index in [0.29, 0.717) is 16.9 Å². The quantitative estimate of drug-likeness (QED) is 0.428. The van der Waals surface area contributed by atoms with E-state index in [0.717, 1.165) is 17.5 Å². The van der Waals surface area contributed by atoms with Gasteiger partial charge in [0.15, 0.2) is 5.82 Å². The number of aryl methyl sites for hydroxylation is 1. The van der Waals surface area contributed by atoms with Crippen LogP contribution in [0.1, 0.15) is 34.6 Å². The minimum atomic E-state index is -0.977. The SMILES string of the molecule is Cc1c(C(C)(CNC(=O)c2nc(-c3ncc(F)cc3F)no2)c2cccc(Cl)n2)cnn1C. The van der Waals surface area contributed by atoms with Crippen molar-refractivity contribution in [3.05, 3.63) is 76.3 Å². The Morgan fingerprint density at radius 2 is 2.06 bits per heavy atom. The minimum absolute atomic E-state index is 0.0899. The molecule has 0 aromatic carbocycles. The highest BCUT2D eigenvalue weighted by atomic mass is 35.5. The van der Waals surface area contributed by atoms with E-state index in [1.807, 2.05) is 20.9 Å². The maximum absolute atomic E-state index is 13.9. The van der Waals surface area contributed by atoms with Crippen LogP contribution in [0.3, 0.4) is 0 Å². The molecule has 0 fully saturated rings. The Balaban J connectivity index is 1.60. The van der Waals surface area contributed by atoms with Gasteiger partial charge in [0.1, 0.15) is 16.7 Å². The van der Waals surface area contributed by atoms with Crippen LogP contribution in [0.25, 0.3) is 11.5 Å². The van der Waals surface area contributed by atoms with Gasteiger partial charge in [-0.05, 0) is 26.0 Å². The van der Waals surface area contributed by atoms with Crippen molar-refractivity contribution in [2.45, 2.75) is 19.3 Å². The van der Waals surface area contributed by atoms with Crippen LogP contribution in [-0.2, 0) is 12.5 Å². The zero-order valence-electron chi connectivity index (χ0n) is 17.8. The Hall–Kier alpha value is -3.73. The number of aromatic nitrogens is 6. The molecule has 0 aliphatic carbocycles. The van der Waals surface area contributed by atoms with Gasteiger partial charge in [-0.3, -0.25) is 9.48 Å². The number of carbonyl (C=O) groups is 1. The van der Waals surface area contributed by atoms with Gasteiger partial charge >= 0.3 is 11.8 Å². The Bertz CT molecular complexity index is 1340. The first kappa shape index (κ1) is 22.5. The minimum Gasteiger partial charge on any atom is -0.347 e. The van der Waals surface area contributed by atoms with Crippen LogP contribution in [0, 0.1) is 18.6 Å². The summed E-state index contributed by atoms with van der Waals surface area (Å²) in [6.45, 7) is 3.89. The van der Waals surface area contributed by atoms with E-state index in [4.69, 9.17) is 16.1 Å². The van der Waals surface area contributed by atoms with Crippen molar-refractivity contribution < 1.29 is 18.1 Å². The maximum atomic E-state index is 13.9. The summed E-state index contributed by atoms with van der Waals surface area (Å²) in [6, 6.07) is 5.87. The summed E-state index contributed by atoms with van der Waals surface area (Å²) in [7, 11) is 1.81. The van der Waals surface area contributed by atoms with Gasteiger partial charge in [-0.25, -0.2) is 18.7 Å². The summed E-state index contributed by atoms with van der Waals surface area (Å²) < 4.78 is 33.7. The lowest BCUT2D eigenvalue weighted by Crippen LogP contribution is -2.40. The van der Waals surface area contributed by atoms with Crippen LogP contribution >= 0.6 is 11.6 Å². The molecule has 0 radical (unpaired) electrons. The number of amides is 1. The molecule has 0 aliphatic heterocycles. The van der Waals surface area contributed by atoms with Gasteiger partial charge < -0.3 is 9.84 Å². The Labute approximate surface area is 191 Å². The summed E-state index contributed by atoms with van der Waals surface area (Å²) in [4.78, 5) is 24.7. The predicted molar refractivity (Wildman–Crippen MR) is 113 cm³/mol. The average molecular weight is 474 g/mol.